The summed E-state index contributed by atoms with van der Waals surface area (Å²) in [6.07, 6.45) is 3.74. The highest BCUT2D eigenvalue weighted by molar-refractivity contribution is 7.99. The number of carbonyl (C=O) groups is 1. The second kappa shape index (κ2) is 7.01. The highest BCUT2D eigenvalue weighted by atomic mass is 32.2. The van der Waals surface area contributed by atoms with Gasteiger partial charge in [0.05, 0.1) is 17.8 Å². The maximum atomic E-state index is 12.7. The molecule has 1 aromatic heterocycles. The van der Waals surface area contributed by atoms with Gasteiger partial charge in [0.25, 0.3) is 0 Å². The molecule has 2 aliphatic rings. The maximum absolute atomic E-state index is 12.7. The number of hydrogen-bond acceptors (Lipinski definition) is 5. The Morgan fingerprint density at radius 2 is 2.14 bits per heavy atom. The van der Waals surface area contributed by atoms with Gasteiger partial charge in [-0.05, 0) is 25.0 Å². The lowest BCUT2D eigenvalue weighted by atomic mass is 9.96. The van der Waals surface area contributed by atoms with E-state index in [1.165, 1.54) is 0 Å². The van der Waals surface area contributed by atoms with Crippen molar-refractivity contribution in [3.8, 4) is 6.07 Å². The zero-order chi connectivity index (χ0) is 15.4. The Labute approximate surface area is 135 Å². The molecule has 3 heterocycles. The molecule has 2 aliphatic heterocycles. The number of aromatic nitrogens is 1. The largest absolute Gasteiger partial charge is 0.369 e. The quantitative estimate of drug-likeness (QED) is 0.832. The summed E-state index contributed by atoms with van der Waals surface area (Å²) in [5, 5.41) is 8.82. The number of rotatable bonds is 2. The van der Waals surface area contributed by atoms with Crippen molar-refractivity contribution in [3.05, 3.63) is 24.0 Å². The molecule has 0 aromatic carbocycles. The summed E-state index contributed by atoms with van der Waals surface area (Å²) in [5.74, 6) is 2.52. The summed E-state index contributed by atoms with van der Waals surface area (Å²) in [7, 11) is 0. The second-order valence-electron chi connectivity index (χ2n) is 5.74. The lowest BCUT2D eigenvalue weighted by Crippen LogP contribution is -2.47. The fourth-order valence-corrected chi connectivity index (χ4v) is 4.00. The lowest BCUT2D eigenvalue weighted by Gasteiger charge is -2.37. The normalized spacial score (nSPS) is 22.2. The van der Waals surface area contributed by atoms with E-state index in [0.717, 1.165) is 56.2 Å². The molecule has 2 fully saturated rings. The molecule has 0 aliphatic carbocycles. The fourth-order valence-electron chi connectivity index (χ4n) is 3.09. The third kappa shape index (κ3) is 3.36. The van der Waals surface area contributed by atoms with Crippen LogP contribution in [0, 0.1) is 17.2 Å². The molecule has 0 radical (unpaired) electrons. The minimum absolute atomic E-state index is 0.0903. The number of nitrogens with zero attached hydrogens (tertiary/aromatic N) is 4. The van der Waals surface area contributed by atoms with Gasteiger partial charge in [-0.25, -0.2) is 4.98 Å². The van der Waals surface area contributed by atoms with Crippen LogP contribution in [0.5, 0.6) is 0 Å². The van der Waals surface area contributed by atoms with Crippen LogP contribution in [-0.2, 0) is 4.79 Å². The first-order chi connectivity index (χ1) is 10.8. The van der Waals surface area contributed by atoms with Gasteiger partial charge in [-0.1, -0.05) is 0 Å². The first-order valence-corrected chi connectivity index (χ1v) is 8.91. The molecule has 2 saturated heterocycles. The number of carbonyl (C=O) groups excluding carboxylic acids is 1. The van der Waals surface area contributed by atoms with E-state index < -0.39 is 0 Å². The van der Waals surface area contributed by atoms with Gasteiger partial charge in [-0.15, -0.1) is 0 Å². The molecular formula is C16H20N4OS. The predicted octanol–water partition coefficient (Wildman–Crippen LogP) is 1.75. The van der Waals surface area contributed by atoms with E-state index in [4.69, 9.17) is 5.26 Å². The Morgan fingerprint density at radius 1 is 1.32 bits per heavy atom. The number of piperidine rings is 1. The van der Waals surface area contributed by atoms with E-state index in [2.05, 4.69) is 9.88 Å². The van der Waals surface area contributed by atoms with Crippen molar-refractivity contribution in [2.24, 2.45) is 5.92 Å². The van der Waals surface area contributed by atoms with Crippen molar-refractivity contribution in [1.29, 1.82) is 5.26 Å². The summed E-state index contributed by atoms with van der Waals surface area (Å²) in [6, 6.07) is 5.70. The smallest absolute Gasteiger partial charge is 0.227 e. The predicted molar refractivity (Wildman–Crippen MR) is 87.8 cm³/mol. The van der Waals surface area contributed by atoms with Gasteiger partial charge >= 0.3 is 0 Å². The van der Waals surface area contributed by atoms with E-state index in [0.29, 0.717) is 11.6 Å². The van der Waals surface area contributed by atoms with Crippen LogP contribution in [0.2, 0.25) is 0 Å². The van der Waals surface area contributed by atoms with Crippen molar-refractivity contribution >= 4 is 23.4 Å². The van der Waals surface area contributed by atoms with Crippen LogP contribution in [0.25, 0.3) is 0 Å². The molecule has 0 spiro atoms. The van der Waals surface area contributed by atoms with Crippen molar-refractivity contribution < 1.29 is 4.79 Å². The summed E-state index contributed by atoms with van der Waals surface area (Å²) in [5.41, 5.74) is 1.44. The molecule has 1 aromatic rings. The highest BCUT2D eigenvalue weighted by Gasteiger charge is 2.30. The van der Waals surface area contributed by atoms with Gasteiger partial charge in [0.15, 0.2) is 0 Å². The van der Waals surface area contributed by atoms with Crippen LogP contribution in [0.1, 0.15) is 18.5 Å². The van der Waals surface area contributed by atoms with Gasteiger partial charge in [0, 0.05) is 37.7 Å². The topological polar surface area (TPSA) is 60.2 Å². The van der Waals surface area contributed by atoms with E-state index in [-0.39, 0.29) is 5.92 Å². The van der Waals surface area contributed by atoms with Crippen molar-refractivity contribution in [2.45, 2.75) is 12.8 Å². The lowest BCUT2D eigenvalue weighted by molar-refractivity contribution is -0.135. The summed E-state index contributed by atoms with van der Waals surface area (Å²) >= 11 is 1.92. The summed E-state index contributed by atoms with van der Waals surface area (Å²) < 4.78 is 0. The molecule has 116 valence electrons. The molecule has 0 bridgehead atoms. The van der Waals surface area contributed by atoms with Crippen molar-refractivity contribution in [1.82, 2.24) is 9.88 Å². The molecule has 1 unspecified atom stereocenters. The number of thioether (sulfide) groups is 1. The Kier molecular flexibility index (Phi) is 4.84. The van der Waals surface area contributed by atoms with Crippen LogP contribution < -0.4 is 4.90 Å². The molecule has 3 rings (SSSR count). The van der Waals surface area contributed by atoms with Crippen molar-refractivity contribution in [2.75, 3.05) is 42.6 Å². The van der Waals surface area contributed by atoms with Crippen LogP contribution in [-0.4, -0.2) is 53.5 Å². The minimum Gasteiger partial charge on any atom is -0.369 e. The van der Waals surface area contributed by atoms with Crippen LogP contribution in [0.3, 0.4) is 0 Å². The monoisotopic (exact) mass is 316 g/mol. The van der Waals surface area contributed by atoms with E-state index in [9.17, 15) is 4.79 Å². The number of nitriles is 1. The average molecular weight is 316 g/mol. The SMILES string of the molecule is N#Cc1ccc(N2CCCC(C(=O)N3CCSCC3)C2)cn1. The Bertz CT molecular complexity index is 563. The van der Waals surface area contributed by atoms with E-state index >= 15 is 0 Å². The number of anilines is 1. The van der Waals surface area contributed by atoms with Crippen LogP contribution in [0.15, 0.2) is 18.3 Å². The molecule has 6 heteroatoms. The Morgan fingerprint density at radius 3 is 2.82 bits per heavy atom. The molecule has 22 heavy (non-hydrogen) atoms. The van der Waals surface area contributed by atoms with Gasteiger partial charge in [-0.2, -0.15) is 17.0 Å². The third-order valence-corrected chi connectivity index (χ3v) is 5.26. The first kappa shape index (κ1) is 15.2. The van der Waals surface area contributed by atoms with E-state index in [1.54, 1.807) is 12.3 Å². The molecule has 1 atom stereocenters. The van der Waals surface area contributed by atoms with Crippen LogP contribution >= 0.6 is 11.8 Å². The zero-order valence-electron chi connectivity index (χ0n) is 12.6. The van der Waals surface area contributed by atoms with Crippen molar-refractivity contribution in [3.63, 3.8) is 0 Å². The fraction of sp³-hybridized carbons (Fsp3) is 0.562. The third-order valence-electron chi connectivity index (χ3n) is 4.32. The summed E-state index contributed by atoms with van der Waals surface area (Å²) in [4.78, 5) is 21.0. The minimum atomic E-state index is 0.0903. The van der Waals surface area contributed by atoms with Gasteiger partial charge in [0.1, 0.15) is 11.8 Å². The number of amides is 1. The van der Waals surface area contributed by atoms with Gasteiger partial charge in [0.2, 0.25) is 5.91 Å². The summed E-state index contributed by atoms with van der Waals surface area (Å²) in [6.45, 7) is 3.49. The molecule has 5 nitrogen and oxygen atoms in total. The van der Waals surface area contributed by atoms with Gasteiger partial charge in [-0.3, -0.25) is 4.79 Å². The van der Waals surface area contributed by atoms with Gasteiger partial charge < -0.3 is 9.80 Å². The number of hydrogen-bond donors (Lipinski definition) is 0. The molecule has 0 N–H and O–H groups in total. The number of pyridine rings is 1. The molecule has 0 saturated carbocycles. The van der Waals surface area contributed by atoms with Crippen LogP contribution in [0.4, 0.5) is 5.69 Å². The Hall–Kier alpha value is -1.74. The zero-order valence-corrected chi connectivity index (χ0v) is 13.4. The standard InChI is InChI=1S/C16H20N4OS/c17-10-14-3-4-15(11-18-14)20-5-1-2-13(12-20)16(21)19-6-8-22-9-7-19/h3-4,11,13H,1-2,5-9,12H2. The van der Waals surface area contributed by atoms with E-state index in [1.807, 2.05) is 28.8 Å². The second-order valence-corrected chi connectivity index (χ2v) is 6.96. The molecular weight excluding hydrogens is 296 g/mol. The maximum Gasteiger partial charge on any atom is 0.227 e. The molecule has 1 amide bonds. The highest BCUT2D eigenvalue weighted by Crippen LogP contribution is 2.25. The first-order valence-electron chi connectivity index (χ1n) is 7.75. The average Bonchev–Trinajstić information content (AvgIpc) is 2.62. The Balaban J connectivity index is 1.65.